The van der Waals surface area contributed by atoms with Crippen LogP contribution in [0.25, 0.3) is 0 Å². The number of allylic oxidation sites excluding steroid dienone is 2. The zero-order valence-electron chi connectivity index (χ0n) is 14.1. The number of amides is 2. The highest BCUT2D eigenvalue weighted by Crippen LogP contribution is 2.73. The summed E-state index contributed by atoms with van der Waals surface area (Å²) in [7, 11) is 0. The molecule has 4 atom stereocenters. The molecule has 2 amide bonds. The van der Waals surface area contributed by atoms with Gasteiger partial charge in [0.15, 0.2) is 0 Å². The Morgan fingerprint density at radius 2 is 1.56 bits per heavy atom. The fourth-order valence-electron chi connectivity index (χ4n) is 5.43. The Hall–Kier alpha value is -2.50. The lowest BCUT2D eigenvalue weighted by molar-refractivity contribution is -0.384. The zero-order valence-corrected chi connectivity index (χ0v) is 14.1. The average molecular weight is 338 g/mol. The van der Waals surface area contributed by atoms with Gasteiger partial charge < -0.3 is 0 Å². The number of carbonyl (C=O) groups excluding carboxylic acids is 2. The second-order valence-electron chi connectivity index (χ2n) is 7.92. The van der Waals surface area contributed by atoms with Crippen molar-refractivity contribution in [2.75, 3.05) is 4.90 Å². The monoisotopic (exact) mass is 338 g/mol. The largest absolute Gasteiger partial charge is 0.293 e. The van der Waals surface area contributed by atoms with Crippen LogP contribution in [0.1, 0.15) is 24.0 Å². The molecule has 25 heavy (non-hydrogen) atoms. The minimum absolute atomic E-state index is 0.120. The third-order valence-corrected chi connectivity index (χ3v) is 6.88. The number of nitro groups is 1. The first-order chi connectivity index (χ1) is 11.9. The summed E-state index contributed by atoms with van der Waals surface area (Å²) in [5.41, 5.74) is 1.68. The van der Waals surface area contributed by atoms with Gasteiger partial charge >= 0.3 is 0 Å². The van der Waals surface area contributed by atoms with E-state index in [0.717, 1.165) is 28.9 Å². The van der Waals surface area contributed by atoms with Gasteiger partial charge in [-0.25, -0.2) is 4.90 Å². The van der Waals surface area contributed by atoms with Gasteiger partial charge in [-0.05, 0) is 61.1 Å². The number of fused-ring (bicyclic) bond motifs is 3. The van der Waals surface area contributed by atoms with Gasteiger partial charge in [0, 0.05) is 6.07 Å². The summed E-state index contributed by atoms with van der Waals surface area (Å²) in [4.78, 5) is 38.3. The summed E-state index contributed by atoms with van der Waals surface area (Å²) in [6.45, 7) is 3.62. The van der Waals surface area contributed by atoms with Gasteiger partial charge in [-0.15, -0.1) is 0 Å². The molecule has 1 aromatic rings. The number of benzene rings is 1. The van der Waals surface area contributed by atoms with Crippen molar-refractivity contribution in [3.63, 3.8) is 0 Å². The number of hydrogen-bond donors (Lipinski definition) is 0. The van der Waals surface area contributed by atoms with E-state index in [-0.39, 0.29) is 52.3 Å². The van der Waals surface area contributed by atoms with Crippen molar-refractivity contribution >= 4 is 23.2 Å². The Kier molecular flexibility index (Phi) is 2.59. The molecule has 1 saturated heterocycles. The summed E-state index contributed by atoms with van der Waals surface area (Å²) in [5, 5.41) is 11.5. The lowest BCUT2D eigenvalue weighted by atomic mass is 9.85. The molecule has 3 fully saturated rings. The highest BCUT2D eigenvalue weighted by atomic mass is 16.6. The maximum atomic E-state index is 13.1. The highest BCUT2D eigenvalue weighted by Gasteiger charge is 2.73. The van der Waals surface area contributed by atoms with Crippen molar-refractivity contribution in [1.82, 2.24) is 0 Å². The molecule has 0 radical (unpaired) electrons. The van der Waals surface area contributed by atoms with Crippen LogP contribution in [0.5, 0.6) is 0 Å². The Balaban J connectivity index is 1.62. The van der Waals surface area contributed by atoms with E-state index in [4.69, 9.17) is 0 Å². The van der Waals surface area contributed by atoms with Gasteiger partial charge in [0.25, 0.3) is 5.69 Å². The normalized spacial score (nSPS) is 33.4. The molecule has 2 bridgehead atoms. The molecular weight excluding hydrogens is 320 g/mol. The van der Waals surface area contributed by atoms with E-state index in [1.54, 1.807) is 13.0 Å². The van der Waals surface area contributed by atoms with Crippen molar-refractivity contribution in [2.24, 2.45) is 29.1 Å². The predicted octanol–water partition coefficient (Wildman–Crippen LogP) is 2.91. The Morgan fingerprint density at radius 3 is 2.04 bits per heavy atom. The van der Waals surface area contributed by atoms with E-state index in [9.17, 15) is 19.7 Å². The summed E-state index contributed by atoms with van der Waals surface area (Å²) < 4.78 is 0. The number of nitro benzene ring substituents is 1. The van der Waals surface area contributed by atoms with Crippen LogP contribution in [-0.4, -0.2) is 16.7 Å². The van der Waals surface area contributed by atoms with Gasteiger partial charge in [0.1, 0.15) is 5.69 Å². The topological polar surface area (TPSA) is 80.5 Å². The van der Waals surface area contributed by atoms with Crippen LogP contribution in [0.4, 0.5) is 11.4 Å². The maximum Gasteiger partial charge on any atom is 0.293 e. The number of rotatable bonds is 2. The van der Waals surface area contributed by atoms with Gasteiger partial charge in [0.2, 0.25) is 11.8 Å². The quantitative estimate of drug-likeness (QED) is 0.359. The molecule has 4 aliphatic rings. The van der Waals surface area contributed by atoms with Crippen molar-refractivity contribution in [3.8, 4) is 0 Å². The molecule has 1 heterocycles. The second kappa shape index (κ2) is 4.36. The van der Waals surface area contributed by atoms with E-state index in [0.29, 0.717) is 0 Å². The predicted molar refractivity (Wildman–Crippen MR) is 89.8 cm³/mol. The molecule has 0 unspecified atom stereocenters. The standard InChI is InChI=1S/C19H18N2O4/c1-9-7-13(14(21(24)25)8-10(9)2)20-17(22)15-11-3-4-12(16(15)18(20)23)19(11)5-6-19/h3-4,7-8,11-12,15-16H,5-6H2,1-2H3/t11-,12-,15-,16-/m0/s1. The second-order valence-corrected chi connectivity index (χ2v) is 7.92. The minimum Gasteiger partial charge on any atom is -0.274 e. The van der Waals surface area contributed by atoms with Crippen molar-refractivity contribution < 1.29 is 14.5 Å². The number of anilines is 1. The lowest BCUT2D eigenvalue weighted by Gasteiger charge is -2.22. The van der Waals surface area contributed by atoms with Crippen LogP contribution in [-0.2, 0) is 9.59 Å². The average Bonchev–Trinajstić information content (AvgIpc) is 3.15. The molecule has 3 aliphatic carbocycles. The molecule has 5 rings (SSSR count). The molecular formula is C19H18N2O4. The number of nitrogens with zero attached hydrogens (tertiary/aromatic N) is 2. The SMILES string of the molecule is Cc1cc(N2C(=O)[C@@H]3[C@@H](C2=O)[C@@H]2C=C[C@@H]3C23CC3)c([N+](=O)[O-])cc1C. The summed E-state index contributed by atoms with van der Waals surface area (Å²) in [6, 6.07) is 3.06. The number of carbonyl (C=O) groups is 2. The van der Waals surface area contributed by atoms with Crippen LogP contribution in [0, 0.1) is 53.0 Å². The minimum atomic E-state index is -0.508. The number of aryl methyl sites for hydroxylation is 2. The van der Waals surface area contributed by atoms with E-state index < -0.39 is 4.92 Å². The molecule has 6 heteroatoms. The lowest BCUT2D eigenvalue weighted by Crippen LogP contribution is -2.35. The van der Waals surface area contributed by atoms with Crippen LogP contribution in [0.15, 0.2) is 24.3 Å². The van der Waals surface area contributed by atoms with Gasteiger partial charge in [-0.3, -0.25) is 19.7 Å². The molecule has 0 N–H and O–H groups in total. The molecule has 128 valence electrons. The fraction of sp³-hybridized carbons (Fsp3) is 0.474. The Labute approximate surface area is 144 Å². The third kappa shape index (κ3) is 1.60. The van der Waals surface area contributed by atoms with Gasteiger partial charge in [0.05, 0.1) is 16.8 Å². The highest BCUT2D eigenvalue weighted by molar-refractivity contribution is 6.24. The fourth-order valence-corrected chi connectivity index (χ4v) is 5.43. The summed E-state index contributed by atoms with van der Waals surface area (Å²) >= 11 is 0. The smallest absolute Gasteiger partial charge is 0.274 e. The van der Waals surface area contributed by atoms with Crippen LogP contribution >= 0.6 is 0 Å². The molecule has 6 nitrogen and oxygen atoms in total. The molecule has 2 saturated carbocycles. The van der Waals surface area contributed by atoms with Gasteiger partial charge in [-0.2, -0.15) is 0 Å². The summed E-state index contributed by atoms with van der Waals surface area (Å²) in [6.07, 6.45) is 6.35. The Bertz CT molecular complexity index is 865. The van der Waals surface area contributed by atoms with E-state index in [2.05, 4.69) is 12.2 Å². The van der Waals surface area contributed by atoms with Crippen molar-refractivity contribution in [2.45, 2.75) is 26.7 Å². The molecule has 1 spiro atoms. The van der Waals surface area contributed by atoms with E-state index in [1.165, 1.54) is 6.07 Å². The van der Waals surface area contributed by atoms with Crippen LogP contribution in [0.3, 0.4) is 0 Å². The number of imide groups is 1. The van der Waals surface area contributed by atoms with Gasteiger partial charge in [-0.1, -0.05) is 12.2 Å². The first-order valence-electron chi connectivity index (χ1n) is 8.68. The third-order valence-electron chi connectivity index (χ3n) is 6.88. The maximum absolute atomic E-state index is 13.1. The van der Waals surface area contributed by atoms with Crippen molar-refractivity contribution in [1.29, 1.82) is 0 Å². The zero-order chi connectivity index (χ0) is 17.7. The Morgan fingerprint density at radius 1 is 1.04 bits per heavy atom. The van der Waals surface area contributed by atoms with E-state index in [1.807, 2.05) is 6.92 Å². The van der Waals surface area contributed by atoms with E-state index >= 15 is 0 Å². The molecule has 1 aliphatic heterocycles. The molecule has 1 aromatic carbocycles. The summed E-state index contributed by atoms with van der Waals surface area (Å²) in [5.74, 6) is -0.963. The van der Waals surface area contributed by atoms with Crippen LogP contribution < -0.4 is 4.90 Å². The van der Waals surface area contributed by atoms with Crippen LogP contribution in [0.2, 0.25) is 0 Å². The first-order valence-corrected chi connectivity index (χ1v) is 8.68. The van der Waals surface area contributed by atoms with Crippen molar-refractivity contribution in [3.05, 3.63) is 45.5 Å². The first kappa shape index (κ1) is 14.8. The molecule has 0 aromatic heterocycles. The number of hydrogen-bond acceptors (Lipinski definition) is 4.